The number of fused-ring (bicyclic) bond motifs is 4. The first kappa shape index (κ1) is 24.9. The highest BCUT2D eigenvalue weighted by Gasteiger charge is 2.67. The van der Waals surface area contributed by atoms with Gasteiger partial charge in [0.1, 0.15) is 41.7 Å². The van der Waals surface area contributed by atoms with Crippen molar-refractivity contribution in [2.75, 3.05) is 50.0 Å². The molecule has 47 heavy (non-hydrogen) atoms. The minimum absolute atomic E-state index is 0.000472. The van der Waals surface area contributed by atoms with Crippen LogP contribution in [0.25, 0.3) is 32.9 Å². The van der Waals surface area contributed by atoms with Gasteiger partial charge in [-0.2, -0.15) is 9.97 Å². The topological polar surface area (TPSA) is 89.6 Å². The van der Waals surface area contributed by atoms with Gasteiger partial charge in [0.15, 0.2) is 5.82 Å². The van der Waals surface area contributed by atoms with E-state index in [0.29, 0.717) is 5.39 Å². The van der Waals surface area contributed by atoms with Crippen molar-refractivity contribution < 1.29 is 32.5 Å². The fraction of sp³-hybridized carbons (Fsp3) is 0.457. The number of halogens is 4. The molecule has 3 aliphatic heterocycles. The third kappa shape index (κ3) is 4.32. The van der Waals surface area contributed by atoms with Crippen molar-refractivity contribution in [3.8, 4) is 29.6 Å². The number of terminal acetylenes is 1. The van der Waals surface area contributed by atoms with Crippen LogP contribution in [0.2, 0.25) is 0 Å². The number of alkyl halides is 2. The molecule has 9 rings (SSSR count). The summed E-state index contributed by atoms with van der Waals surface area (Å²) in [6, 6.07) is 4.41. The molecule has 1 spiro atoms. The molecule has 0 amide bonds. The van der Waals surface area contributed by atoms with Crippen LogP contribution >= 0.6 is 0 Å². The largest absolute Gasteiger partial charge is 0.461 e. The number of benzene rings is 2. The second-order valence-corrected chi connectivity index (χ2v) is 13.3. The van der Waals surface area contributed by atoms with Gasteiger partial charge in [-0.05, 0) is 55.8 Å². The maximum absolute atomic E-state index is 17.0. The summed E-state index contributed by atoms with van der Waals surface area (Å²) >= 11 is 0. The van der Waals surface area contributed by atoms with Gasteiger partial charge in [0.25, 0.3) is 0 Å². The van der Waals surface area contributed by atoms with Crippen LogP contribution in [-0.4, -0.2) is 83.1 Å². The summed E-state index contributed by atoms with van der Waals surface area (Å²) in [6.45, 7) is -3.98. The maximum atomic E-state index is 17.0. The molecule has 0 bridgehead atoms. The third-order valence-corrected chi connectivity index (χ3v) is 10.5. The third-order valence-electron chi connectivity index (χ3n) is 10.5. The van der Waals surface area contributed by atoms with Crippen LogP contribution in [-0.2, 0) is 4.74 Å². The van der Waals surface area contributed by atoms with Crippen molar-refractivity contribution in [1.82, 2.24) is 19.9 Å². The van der Waals surface area contributed by atoms with E-state index in [1.165, 1.54) is 29.3 Å². The van der Waals surface area contributed by atoms with Gasteiger partial charge in [-0.15, -0.1) is 6.42 Å². The van der Waals surface area contributed by atoms with E-state index < -0.39 is 66.0 Å². The Morgan fingerprint density at radius 2 is 2.11 bits per heavy atom. The summed E-state index contributed by atoms with van der Waals surface area (Å²) < 4.78 is 109. The summed E-state index contributed by atoms with van der Waals surface area (Å²) in [5.74, 6) is 0.218. The van der Waals surface area contributed by atoms with Crippen LogP contribution in [0, 0.1) is 35.3 Å². The van der Waals surface area contributed by atoms with E-state index in [0.717, 1.165) is 0 Å². The number of pyridine rings is 1. The Kier molecular flexibility index (Phi) is 5.37. The van der Waals surface area contributed by atoms with Crippen molar-refractivity contribution in [3.05, 3.63) is 47.7 Å². The fourth-order valence-corrected chi connectivity index (χ4v) is 7.91. The molecule has 4 aromatic rings. The number of rotatable bonds is 5. The van der Waals surface area contributed by atoms with Gasteiger partial charge < -0.3 is 20.1 Å². The van der Waals surface area contributed by atoms with Crippen LogP contribution < -0.4 is 15.4 Å². The maximum Gasteiger partial charge on any atom is 0.319 e. The Bertz CT molecular complexity index is 2210. The number of anilines is 2. The number of nitrogens with two attached hydrogens (primary N) is 1. The zero-order chi connectivity index (χ0) is 35.8. The number of ether oxygens (including phenoxy) is 2. The minimum Gasteiger partial charge on any atom is -0.461 e. The molecular weight excluding hydrogens is 612 g/mol. The van der Waals surface area contributed by atoms with E-state index in [1.807, 2.05) is 0 Å². The average Bonchev–Trinajstić information content (AvgIpc) is 3.85. The van der Waals surface area contributed by atoms with Gasteiger partial charge in [0.2, 0.25) is 0 Å². The normalized spacial score (nSPS) is 33.8. The molecule has 2 N–H and O–H groups in total. The van der Waals surface area contributed by atoms with Gasteiger partial charge in [-0.1, -0.05) is 12.0 Å². The van der Waals surface area contributed by atoms with Crippen molar-refractivity contribution in [2.45, 2.75) is 49.6 Å². The molecule has 5 heterocycles. The van der Waals surface area contributed by atoms with Gasteiger partial charge in [-0.25, -0.2) is 17.6 Å². The predicted molar refractivity (Wildman–Crippen MR) is 168 cm³/mol. The van der Waals surface area contributed by atoms with Crippen molar-refractivity contribution >= 4 is 33.2 Å². The molecule has 0 unspecified atom stereocenters. The summed E-state index contributed by atoms with van der Waals surface area (Å²) in [7, 11) is 0. The summed E-state index contributed by atoms with van der Waals surface area (Å²) in [4.78, 5) is 16.3. The minimum atomic E-state index is -2.67. The Hall–Kier alpha value is -4.21. The Balaban J connectivity index is 1.22. The Morgan fingerprint density at radius 3 is 2.91 bits per heavy atom. The lowest BCUT2D eigenvalue weighted by atomic mass is 9.89. The summed E-state index contributed by atoms with van der Waals surface area (Å²) in [5.41, 5.74) is 3.32. The molecule has 0 radical (unpaired) electrons. The lowest BCUT2D eigenvalue weighted by Gasteiger charge is -2.31. The number of hydrogen-bond donors (Lipinski definition) is 1. The van der Waals surface area contributed by atoms with Crippen LogP contribution in [0.4, 0.5) is 29.1 Å². The van der Waals surface area contributed by atoms with E-state index in [4.69, 9.17) is 24.4 Å². The monoisotopic (exact) mass is 648 g/mol. The van der Waals surface area contributed by atoms with E-state index in [2.05, 4.69) is 20.9 Å². The van der Waals surface area contributed by atoms with Crippen LogP contribution in [0.5, 0.6) is 6.01 Å². The second kappa shape index (κ2) is 10.1. The standard InChI is InChI=1S/C35H32F4N6O2/c1-2-20-24(36)5-4-18-10-19(40)11-21(26(18)20)29-28(39)30-22(13-41-29)32(45-8-9-46-14-23-27(38)31(23)45)43-33(42-30)47-17-35-6-3-7-44(35)16-34(15-35)12-25(34)37/h1,4-5,10-11,13,23,25,27,31H,3,6-9,12,14-17,40H2/t23-,25-,27-,31-,34-,35-/m0/s1/i7D2,17D2. The molecule has 6 atom stereocenters. The quantitative estimate of drug-likeness (QED) is 0.180. The Labute approximate surface area is 273 Å². The molecule has 3 saturated heterocycles. The number of nitrogen functional groups attached to an aromatic ring is 1. The first-order valence-electron chi connectivity index (χ1n) is 17.6. The molecule has 2 aliphatic carbocycles. The predicted octanol–water partition coefficient (Wildman–Crippen LogP) is 5.21. The highest BCUT2D eigenvalue weighted by molar-refractivity contribution is 6.03. The Morgan fingerprint density at radius 1 is 1.26 bits per heavy atom. The number of nitrogens with zero attached hydrogens (tertiary/aromatic N) is 5. The van der Waals surface area contributed by atoms with Gasteiger partial charge in [0, 0.05) is 50.0 Å². The molecule has 242 valence electrons. The molecule has 2 saturated carbocycles. The van der Waals surface area contributed by atoms with Crippen molar-refractivity contribution in [2.24, 2.45) is 11.3 Å². The van der Waals surface area contributed by atoms with E-state index >= 15 is 8.78 Å². The van der Waals surface area contributed by atoms with E-state index in [1.54, 1.807) is 11.0 Å². The zero-order valence-corrected chi connectivity index (χ0v) is 25.1. The van der Waals surface area contributed by atoms with Crippen LogP contribution in [0.3, 0.4) is 0 Å². The van der Waals surface area contributed by atoms with Crippen molar-refractivity contribution in [1.29, 1.82) is 0 Å². The average molecular weight is 649 g/mol. The van der Waals surface area contributed by atoms with E-state index in [-0.39, 0.29) is 96.6 Å². The summed E-state index contributed by atoms with van der Waals surface area (Å²) in [5, 5.41) is 0.720. The van der Waals surface area contributed by atoms with Gasteiger partial charge in [-0.3, -0.25) is 9.88 Å². The van der Waals surface area contributed by atoms with Crippen molar-refractivity contribution in [3.63, 3.8) is 0 Å². The van der Waals surface area contributed by atoms with Crippen LogP contribution in [0.1, 0.15) is 36.7 Å². The lowest BCUT2D eigenvalue weighted by Crippen LogP contribution is -2.43. The molecule has 2 aromatic carbocycles. The SMILES string of the molecule is [2H]C1([2H])CC[C@@]2(C([2H])([2H])Oc3nc(N4CCOC[C@H]5[C@H](F)[C@H]54)c4cnc(-c5cc(N)cc6ccc(F)c(C#C)c56)c(F)c4n3)C[C@@]3(C[C@@H]3F)CN12. The highest BCUT2D eigenvalue weighted by Crippen LogP contribution is 2.62. The van der Waals surface area contributed by atoms with E-state index in [9.17, 15) is 11.5 Å². The van der Waals surface area contributed by atoms with Gasteiger partial charge in [0.05, 0.1) is 38.5 Å². The zero-order valence-electron chi connectivity index (χ0n) is 29.1. The molecular formula is C35H32F4N6O2. The first-order chi connectivity index (χ1) is 24.2. The van der Waals surface area contributed by atoms with Crippen LogP contribution in [0.15, 0.2) is 30.5 Å². The smallest absolute Gasteiger partial charge is 0.319 e. The first-order valence-corrected chi connectivity index (χ1v) is 15.6. The molecule has 8 nitrogen and oxygen atoms in total. The number of aromatic nitrogens is 3. The molecule has 12 heteroatoms. The number of hydrogen-bond acceptors (Lipinski definition) is 8. The molecule has 5 aliphatic rings. The molecule has 2 aromatic heterocycles. The van der Waals surface area contributed by atoms with Gasteiger partial charge >= 0.3 is 6.01 Å². The summed E-state index contributed by atoms with van der Waals surface area (Å²) in [6.07, 6.45) is 4.80. The lowest BCUT2D eigenvalue weighted by molar-refractivity contribution is 0.107. The fourth-order valence-electron chi connectivity index (χ4n) is 7.91. The molecule has 5 fully saturated rings. The highest BCUT2D eigenvalue weighted by atomic mass is 19.1. The second-order valence-electron chi connectivity index (χ2n) is 13.3.